The lowest BCUT2D eigenvalue weighted by Crippen LogP contribution is -2.44. The lowest BCUT2D eigenvalue weighted by molar-refractivity contribution is -0.126. The van der Waals surface area contributed by atoms with E-state index in [2.05, 4.69) is 18.8 Å². The van der Waals surface area contributed by atoms with Crippen LogP contribution in [-0.4, -0.2) is 24.0 Å². The summed E-state index contributed by atoms with van der Waals surface area (Å²) in [4.78, 5) is 17.7. The van der Waals surface area contributed by atoms with Gasteiger partial charge in [-0.1, -0.05) is 13.8 Å². The first-order chi connectivity index (χ1) is 7.59. The number of amides is 1. The molecule has 2 heterocycles. The molecule has 16 heavy (non-hydrogen) atoms. The van der Waals surface area contributed by atoms with Crippen LogP contribution in [0.2, 0.25) is 0 Å². The van der Waals surface area contributed by atoms with Crippen molar-refractivity contribution in [1.82, 2.24) is 4.98 Å². The molecule has 4 nitrogen and oxygen atoms in total. The zero-order valence-corrected chi connectivity index (χ0v) is 9.80. The number of hydrogen-bond acceptors (Lipinski definition) is 3. The number of fused-ring (bicyclic) bond motifs is 1. The van der Waals surface area contributed by atoms with Crippen LogP contribution in [0.4, 0.5) is 5.82 Å². The van der Waals surface area contributed by atoms with Crippen molar-refractivity contribution < 1.29 is 9.53 Å². The highest BCUT2D eigenvalue weighted by atomic mass is 16.5. The molecule has 1 atom stereocenters. The number of pyridine rings is 1. The molecule has 0 fully saturated rings. The highest BCUT2D eigenvalue weighted by molar-refractivity contribution is 5.98. The summed E-state index contributed by atoms with van der Waals surface area (Å²) in [6, 6.07) is 3.66. The van der Waals surface area contributed by atoms with Crippen LogP contribution in [0.3, 0.4) is 0 Å². The maximum absolute atomic E-state index is 12.0. The van der Waals surface area contributed by atoms with Crippen LogP contribution in [0.5, 0.6) is 5.75 Å². The van der Waals surface area contributed by atoms with Gasteiger partial charge in [0.05, 0.1) is 0 Å². The molecule has 1 aromatic heterocycles. The van der Waals surface area contributed by atoms with Gasteiger partial charge in [-0.15, -0.1) is 0 Å². The van der Waals surface area contributed by atoms with E-state index in [9.17, 15) is 4.79 Å². The van der Waals surface area contributed by atoms with Gasteiger partial charge in [-0.25, -0.2) is 4.98 Å². The van der Waals surface area contributed by atoms with E-state index >= 15 is 0 Å². The molecule has 0 aliphatic carbocycles. The summed E-state index contributed by atoms with van der Waals surface area (Å²) in [6.45, 7) is 4.16. The van der Waals surface area contributed by atoms with Crippen molar-refractivity contribution in [3.05, 3.63) is 18.3 Å². The molecule has 2 rings (SSSR count). The van der Waals surface area contributed by atoms with E-state index in [0.717, 1.165) is 6.42 Å². The zero-order valence-electron chi connectivity index (χ0n) is 9.80. The van der Waals surface area contributed by atoms with Crippen LogP contribution in [0, 0.1) is 5.92 Å². The van der Waals surface area contributed by atoms with Gasteiger partial charge >= 0.3 is 0 Å². The minimum Gasteiger partial charge on any atom is -0.477 e. The van der Waals surface area contributed by atoms with Gasteiger partial charge in [0.15, 0.2) is 17.7 Å². The van der Waals surface area contributed by atoms with E-state index in [4.69, 9.17) is 4.74 Å². The minimum absolute atomic E-state index is 0.0140. The average molecular weight is 220 g/mol. The molecule has 1 unspecified atom stereocenters. The van der Waals surface area contributed by atoms with E-state index in [0.29, 0.717) is 17.5 Å². The summed E-state index contributed by atoms with van der Waals surface area (Å²) in [7, 11) is 1.74. The van der Waals surface area contributed by atoms with Crippen molar-refractivity contribution in [2.24, 2.45) is 5.92 Å². The molecule has 1 aromatic rings. The highest BCUT2D eigenvalue weighted by Gasteiger charge is 2.33. The SMILES string of the molecule is CC(C)CC1Oc2cccnc2N(C)C1=O. The van der Waals surface area contributed by atoms with Gasteiger partial charge < -0.3 is 4.74 Å². The first-order valence-electron chi connectivity index (χ1n) is 5.49. The standard InChI is InChI=1S/C12H16N2O2/c1-8(2)7-10-12(15)14(3)11-9(16-10)5-4-6-13-11/h4-6,8,10H,7H2,1-3H3. The topological polar surface area (TPSA) is 42.4 Å². The Morgan fingerprint density at radius 3 is 3.00 bits per heavy atom. The Kier molecular flexibility index (Phi) is 2.81. The summed E-state index contributed by atoms with van der Waals surface area (Å²) in [5.74, 6) is 1.71. The second-order valence-corrected chi connectivity index (χ2v) is 4.46. The van der Waals surface area contributed by atoms with Gasteiger partial charge in [0.25, 0.3) is 5.91 Å². The van der Waals surface area contributed by atoms with Crippen LogP contribution in [0.1, 0.15) is 20.3 Å². The Hall–Kier alpha value is -1.58. The molecule has 86 valence electrons. The normalized spacial score (nSPS) is 19.6. The average Bonchev–Trinajstić information content (AvgIpc) is 2.25. The van der Waals surface area contributed by atoms with E-state index in [-0.39, 0.29) is 12.0 Å². The van der Waals surface area contributed by atoms with Crippen LogP contribution in [-0.2, 0) is 4.79 Å². The molecule has 0 N–H and O–H groups in total. The molecule has 1 aliphatic rings. The Labute approximate surface area is 95.2 Å². The molecule has 1 aliphatic heterocycles. The van der Waals surface area contributed by atoms with Gasteiger partial charge in [0.1, 0.15) is 0 Å². The Balaban J connectivity index is 2.28. The molecule has 0 radical (unpaired) electrons. The number of hydrogen-bond donors (Lipinski definition) is 0. The van der Waals surface area contributed by atoms with Crippen molar-refractivity contribution >= 4 is 11.7 Å². The first kappa shape index (κ1) is 10.9. The molecule has 0 spiro atoms. The number of likely N-dealkylation sites (N-methyl/N-ethyl adjacent to an activating group) is 1. The molecule has 4 heteroatoms. The van der Waals surface area contributed by atoms with Crippen LogP contribution in [0.15, 0.2) is 18.3 Å². The second-order valence-electron chi connectivity index (χ2n) is 4.46. The summed E-state index contributed by atoms with van der Waals surface area (Å²) in [5.41, 5.74) is 0. The molecule has 0 aromatic carbocycles. The largest absolute Gasteiger partial charge is 0.477 e. The summed E-state index contributed by atoms with van der Waals surface area (Å²) in [6.07, 6.45) is 2.02. The number of carbonyl (C=O) groups excluding carboxylic acids is 1. The predicted molar refractivity (Wildman–Crippen MR) is 61.5 cm³/mol. The van der Waals surface area contributed by atoms with Gasteiger partial charge in [-0.3, -0.25) is 9.69 Å². The second kappa shape index (κ2) is 4.12. The molecule has 1 amide bonds. The molecular formula is C12H16N2O2. The summed E-state index contributed by atoms with van der Waals surface area (Å²) >= 11 is 0. The van der Waals surface area contributed by atoms with Crippen molar-refractivity contribution in [3.8, 4) is 5.75 Å². The smallest absolute Gasteiger partial charge is 0.269 e. The predicted octanol–water partition coefficient (Wildman–Crippen LogP) is 1.85. The maximum Gasteiger partial charge on any atom is 0.269 e. The third-order valence-corrected chi connectivity index (χ3v) is 2.63. The van der Waals surface area contributed by atoms with Crippen LogP contribution >= 0.6 is 0 Å². The fourth-order valence-corrected chi connectivity index (χ4v) is 1.83. The quantitative estimate of drug-likeness (QED) is 0.764. The number of nitrogens with zero attached hydrogens (tertiary/aromatic N) is 2. The first-order valence-corrected chi connectivity index (χ1v) is 5.49. The Morgan fingerprint density at radius 2 is 2.31 bits per heavy atom. The van der Waals surface area contributed by atoms with Crippen LogP contribution in [0.25, 0.3) is 0 Å². The van der Waals surface area contributed by atoms with E-state index in [1.165, 1.54) is 0 Å². The summed E-state index contributed by atoms with van der Waals surface area (Å²) in [5, 5.41) is 0. The number of ether oxygens (including phenoxy) is 1. The van der Waals surface area contributed by atoms with Crippen molar-refractivity contribution in [2.75, 3.05) is 11.9 Å². The van der Waals surface area contributed by atoms with Crippen molar-refractivity contribution in [1.29, 1.82) is 0 Å². The molecule has 0 bridgehead atoms. The number of rotatable bonds is 2. The van der Waals surface area contributed by atoms with Crippen molar-refractivity contribution in [2.45, 2.75) is 26.4 Å². The zero-order chi connectivity index (χ0) is 11.7. The molecule has 0 saturated heterocycles. The number of anilines is 1. The third kappa shape index (κ3) is 1.87. The van der Waals surface area contributed by atoms with Gasteiger partial charge in [0.2, 0.25) is 0 Å². The van der Waals surface area contributed by atoms with Crippen LogP contribution < -0.4 is 9.64 Å². The number of carbonyl (C=O) groups is 1. The fourth-order valence-electron chi connectivity index (χ4n) is 1.83. The van der Waals surface area contributed by atoms with Gasteiger partial charge in [-0.05, 0) is 24.5 Å². The highest BCUT2D eigenvalue weighted by Crippen LogP contribution is 2.31. The van der Waals surface area contributed by atoms with E-state index in [1.807, 2.05) is 12.1 Å². The minimum atomic E-state index is -0.373. The lowest BCUT2D eigenvalue weighted by atomic mass is 10.0. The van der Waals surface area contributed by atoms with Gasteiger partial charge in [-0.2, -0.15) is 0 Å². The number of aromatic nitrogens is 1. The Bertz CT molecular complexity index is 404. The van der Waals surface area contributed by atoms with Crippen molar-refractivity contribution in [3.63, 3.8) is 0 Å². The van der Waals surface area contributed by atoms with E-state index < -0.39 is 0 Å². The molecular weight excluding hydrogens is 204 g/mol. The fraction of sp³-hybridized carbons (Fsp3) is 0.500. The van der Waals surface area contributed by atoms with Gasteiger partial charge in [0, 0.05) is 13.2 Å². The monoisotopic (exact) mass is 220 g/mol. The lowest BCUT2D eigenvalue weighted by Gasteiger charge is -2.31. The third-order valence-electron chi connectivity index (χ3n) is 2.63. The Morgan fingerprint density at radius 1 is 1.56 bits per heavy atom. The maximum atomic E-state index is 12.0. The molecule has 0 saturated carbocycles. The summed E-state index contributed by atoms with van der Waals surface area (Å²) < 4.78 is 5.67. The van der Waals surface area contributed by atoms with E-state index in [1.54, 1.807) is 18.1 Å².